The second-order valence-corrected chi connectivity index (χ2v) is 3.73. The van der Waals surface area contributed by atoms with E-state index in [9.17, 15) is 0 Å². The Morgan fingerprint density at radius 2 is 1.71 bits per heavy atom. The van der Waals surface area contributed by atoms with E-state index < -0.39 is 0 Å². The van der Waals surface area contributed by atoms with E-state index >= 15 is 0 Å². The third kappa shape index (κ3) is 3.45. The van der Waals surface area contributed by atoms with Gasteiger partial charge in [-0.25, -0.2) is 0 Å². The topological polar surface area (TPSA) is 21.6 Å². The number of rotatable bonds is 4. The zero-order chi connectivity index (χ0) is 11.9. The van der Waals surface area contributed by atoms with Crippen LogP contribution >= 0.6 is 0 Å². The number of hydrogen-bond donors (Lipinski definition) is 0. The molecule has 0 atom stereocenters. The van der Waals surface area contributed by atoms with Gasteiger partial charge in [0.15, 0.2) is 0 Å². The van der Waals surface area contributed by atoms with E-state index in [2.05, 4.69) is 17.1 Å². The predicted molar refractivity (Wildman–Crippen MR) is 70.7 cm³/mol. The summed E-state index contributed by atoms with van der Waals surface area (Å²) in [6.07, 6.45) is 1.88. The number of methoxy groups -OCH3 is 1. The Hall–Kier alpha value is -2.09. The average Bonchev–Trinajstić information content (AvgIpc) is 2.41. The van der Waals surface area contributed by atoms with Crippen LogP contribution < -0.4 is 4.74 Å². The minimum atomic E-state index is 0.715. The van der Waals surface area contributed by atoms with Gasteiger partial charge in [-0.15, -0.1) is 0 Å². The number of nitrogens with zero attached hydrogens (tertiary/aromatic N) is 1. The maximum Gasteiger partial charge on any atom is 0.118 e. The Morgan fingerprint density at radius 1 is 1.00 bits per heavy atom. The average molecular weight is 225 g/mol. The predicted octanol–water partition coefficient (Wildman–Crippen LogP) is 3.31. The Kier molecular flexibility index (Phi) is 3.92. The van der Waals surface area contributed by atoms with Crippen molar-refractivity contribution in [2.75, 3.05) is 7.11 Å². The van der Waals surface area contributed by atoms with Gasteiger partial charge in [0.05, 0.1) is 13.7 Å². The molecule has 0 saturated carbocycles. The Morgan fingerprint density at radius 3 is 2.35 bits per heavy atom. The van der Waals surface area contributed by atoms with Gasteiger partial charge in [0, 0.05) is 6.21 Å². The molecule has 2 nitrogen and oxygen atoms in total. The van der Waals surface area contributed by atoms with Crippen LogP contribution in [0.15, 0.2) is 59.6 Å². The zero-order valence-electron chi connectivity index (χ0n) is 9.84. The molecule has 0 radical (unpaired) electrons. The number of aliphatic imine (C=N–C) groups is 1. The van der Waals surface area contributed by atoms with Gasteiger partial charge in [-0.3, -0.25) is 4.99 Å². The van der Waals surface area contributed by atoms with E-state index in [1.54, 1.807) is 7.11 Å². The molecule has 0 unspecified atom stereocenters. The smallest absolute Gasteiger partial charge is 0.118 e. The van der Waals surface area contributed by atoms with Gasteiger partial charge < -0.3 is 4.74 Å². The summed E-state index contributed by atoms with van der Waals surface area (Å²) in [5.74, 6) is 0.866. The summed E-state index contributed by atoms with van der Waals surface area (Å²) < 4.78 is 5.10. The zero-order valence-corrected chi connectivity index (χ0v) is 9.84. The lowest BCUT2D eigenvalue weighted by Gasteiger charge is -1.99. The fourth-order valence-electron chi connectivity index (χ4n) is 1.53. The van der Waals surface area contributed by atoms with Crippen LogP contribution in [0.1, 0.15) is 11.1 Å². The number of ether oxygens (including phenoxy) is 1. The molecule has 0 aliphatic carbocycles. The SMILES string of the molecule is COc1ccc(/C=N/Cc2ccccc2)cc1. The molecule has 0 spiro atoms. The minimum Gasteiger partial charge on any atom is -0.497 e. The first-order valence-electron chi connectivity index (χ1n) is 5.56. The first kappa shape index (κ1) is 11.4. The summed E-state index contributed by atoms with van der Waals surface area (Å²) >= 11 is 0. The van der Waals surface area contributed by atoms with Crippen molar-refractivity contribution in [3.63, 3.8) is 0 Å². The second kappa shape index (κ2) is 5.85. The van der Waals surface area contributed by atoms with Crippen LogP contribution in [-0.2, 0) is 6.54 Å². The van der Waals surface area contributed by atoms with Crippen molar-refractivity contribution in [2.24, 2.45) is 4.99 Å². The normalized spacial score (nSPS) is 10.6. The summed E-state index contributed by atoms with van der Waals surface area (Å²) in [6.45, 7) is 0.715. The van der Waals surface area contributed by atoms with E-state index in [0.717, 1.165) is 11.3 Å². The fourth-order valence-corrected chi connectivity index (χ4v) is 1.53. The lowest BCUT2D eigenvalue weighted by atomic mass is 10.2. The molecule has 0 aliphatic heterocycles. The van der Waals surface area contributed by atoms with Crippen LogP contribution in [0.25, 0.3) is 0 Å². The summed E-state index contributed by atoms with van der Waals surface area (Å²) in [4.78, 5) is 4.40. The molecule has 2 heteroatoms. The highest BCUT2D eigenvalue weighted by Gasteiger charge is 1.91. The number of hydrogen-bond acceptors (Lipinski definition) is 2. The van der Waals surface area contributed by atoms with Gasteiger partial charge in [0.1, 0.15) is 5.75 Å². The number of benzene rings is 2. The highest BCUT2D eigenvalue weighted by molar-refractivity contribution is 5.79. The monoisotopic (exact) mass is 225 g/mol. The second-order valence-electron chi connectivity index (χ2n) is 3.73. The lowest BCUT2D eigenvalue weighted by molar-refractivity contribution is 0.415. The maximum absolute atomic E-state index is 5.10. The molecule has 0 amide bonds. The molecule has 17 heavy (non-hydrogen) atoms. The van der Waals surface area contributed by atoms with Crippen molar-refractivity contribution >= 4 is 6.21 Å². The molecular formula is C15H15NO. The van der Waals surface area contributed by atoms with Crippen molar-refractivity contribution in [3.05, 3.63) is 65.7 Å². The van der Waals surface area contributed by atoms with Crippen LogP contribution in [0, 0.1) is 0 Å². The molecule has 0 N–H and O–H groups in total. The Balaban J connectivity index is 1.96. The van der Waals surface area contributed by atoms with Crippen LogP contribution in [-0.4, -0.2) is 13.3 Å². The molecule has 0 aliphatic rings. The molecule has 2 aromatic rings. The van der Waals surface area contributed by atoms with Gasteiger partial charge in [0.2, 0.25) is 0 Å². The Labute approximate surface area is 102 Å². The molecule has 0 heterocycles. The third-order valence-corrected chi connectivity index (χ3v) is 2.47. The van der Waals surface area contributed by atoms with Crippen LogP contribution in [0.3, 0.4) is 0 Å². The van der Waals surface area contributed by atoms with Crippen molar-refractivity contribution in [1.29, 1.82) is 0 Å². The van der Waals surface area contributed by atoms with Crippen LogP contribution in [0.2, 0.25) is 0 Å². The van der Waals surface area contributed by atoms with E-state index in [4.69, 9.17) is 4.74 Å². The largest absolute Gasteiger partial charge is 0.497 e. The maximum atomic E-state index is 5.10. The first-order valence-corrected chi connectivity index (χ1v) is 5.56. The standard InChI is InChI=1S/C15H15NO/c1-17-15-9-7-14(8-10-15)12-16-11-13-5-3-2-4-6-13/h2-10,12H,11H2,1H3/b16-12+. The van der Waals surface area contributed by atoms with Crippen molar-refractivity contribution in [1.82, 2.24) is 0 Å². The van der Waals surface area contributed by atoms with Crippen LogP contribution in [0.5, 0.6) is 5.75 Å². The van der Waals surface area contributed by atoms with Crippen molar-refractivity contribution < 1.29 is 4.74 Å². The molecule has 0 fully saturated rings. The van der Waals surface area contributed by atoms with Gasteiger partial charge in [-0.2, -0.15) is 0 Å². The van der Waals surface area contributed by atoms with Gasteiger partial charge >= 0.3 is 0 Å². The van der Waals surface area contributed by atoms with E-state index in [0.29, 0.717) is 6.54 Å². The summed E-state index contributed by atoms with van der Waals surface area (Å²) in [5.41, 5.74) is 2.30. The van der Waals surface area contributed by atoms with Gasteiger partial charge in [-0.1, -0.05) is 30.3 Å². The van der Waals surface area contributed by atoms with Crippen LogP contribution in [0.4, 0.5) is 0 Å². The molecule has 86 valence electrons. The summed E-state index contributed by atoms with van der Waals surface area (Å²) in [5, 5.41) is 0. The quantitative estimate of drug-likeness (QED) is 0.731. The van der Waals surface area contributed by atoms with Gasteiger partial charge in [0.25, 0.3) is 0 Å². The summed E-state index contributed by atoms with van der Waals surface area (Å²) in [7, 11) is 1.67. The lowest BCUT2D eigenvalue weighted by Crippen LogP contribution is -1.86. The molecule has 2 rings (SSSR count). The van der Waals surface area contributed by atoms with E-state index in [-0.39, 0.29) is 0 Å². The van der Waals surface area contributed by atoms with Crippen molar-refractivity contribution in [2.45, 2.75) is 6.54 Å². The fraction of sp³-hybridized carbons (Fsp3) is 0.133. The summed E-state index contributed by atoms with van der Waals surface area (Å²) in [6, 6.07) is 18.1. The molecule has 0 bridgehead atoms. The van der Waals surface area contributed by atoms with E-state index in [1.165, 1.54) is 5.56 Å². The molecular weight excluding hydrogens is 210 g/mol. The Bertz CT molecular complexity index is 474. The van der Waals surface area contributed by atoms with E-state index in [1.807, 2.05) is 48.7 Å². The first-order chi connectivity index (χ1) is 8.38. The molecule has 0 aromatic heterocycles. The van der Waals surface area contributed by atoms with Gasteiger partial charge in [-0.05, 0) is 35.4 Å². The highest BCUT2D eigenvalue weighted by atomic mass is 16.5. The molecule has 0 saturated heterocycles. The van der Waals surface area contributed by atoms with Crippen molar-refractivity contribution in [3.8, 4) is 5.75 Å². The third-order valence-electron chi connectivity index (χ3n) is 2.47. The highest BCUT2D eigenvalue weighted by Crippen LogP contribution is 2.10. The molecule has 2 aromatic carbocycles. The minimum absolute atomic E-state index is 0.715.